The molecule has 1 saturated heterocycles. The smallest absolute Gasteiger partial charge is 0.222 e. The maximum absolute atomic E-state index is 13.4. The van der Waals surface area contributed by atoms with E-state index in [9.17, 15) is 9.18 Å². The third kappa shape index (κ3) is 3.77. The van der Waals surface area contributed by atoms with Gasteiger partial charge in [-0.1, -0.05) is 18.2 Å². The molecule has 1 amide bonds. The second-order valence-corrected chi connectivity index (χ2v) is 5.09. The van der Waals surface area contributed by atoms with E-state index in [1.54, 1.807) is 12.1 Å². The number of carbonyl (C=O) groups excluding carboxylic acids is 1. The summed E-state index contributed by atoms with van der Waals surface area (Å²) >= 11 is 0. The highest BCUT2D eigenvalue weighted by Gasteiger charge is 2.22. The average molecular weight is 264 g/mol. The minimum absolute atomic E-state index is 0.175. The van der Waals surface area contributed by atoms with E-state index in [0.717, 1.165) is 19.6 Å². The normalized spacial score (nSPS) is 19.5. The van der Waals surface area contributed by atoms with E-state index in [1.807, 2.05) is 11.0 Å². The highest BCUT2D eigenvalue weighted by Crippen LogP contribution is 2.12. The molecule has 1 N–H and O–H groups in total. The van der Waals surface area contributed by atoms with Crippen LogP contribution in [0.15, 0.2) is 24.3 Å². The van der Waals surface area contributed by atoms with E-state index in [-0.39, 0.29) is 17.8 Å². The molecule has 3 nitrogen and oxygen atoms in total. The van der Waals surface area contributed by atoms with Crippen molar-refractivity contribution in [2.45, 2.75) is 32.2 Å². The number of hydrogen-bond acceptors (Lipinski definition) is 2. The minimum atomic E-state index is -0.175. The number of aryl methyl sites for hydroxylation is 1. The van der Waals surface area contributed by atoms with Crippen LogP contribution in [0.1, 0.15) is 25.3 Å². The van der Waals surface area contributed by atoms with E-state index < -0.39 is 0 Å². The number of halogens is 1. The number of nitrogens with zero attached hydrogens (tertiary/aromatic N) is 1. The minimum Gasteiger partial charge on any atom is -0.337 e. The number of nitrogens with one attached hydrogen (secondary N) is 1. The van der Waals surface area contributed by atoms with Crippen molar-refractivity contribution >= 4 is 5.91 Å². The Hall–Kier alpha value is -1.42. The van der Waals surface area contributed by atoms with Crippen molar-refractivity contribution in [2.24, 2.45) is 0 Å². The molecule has 1 aliphatic heterocycles. The van der Waals surface area contributed by atoms with Gasteiger partial charge in [-0.2, -0.15) is 0 Å². The Bertz CT molecular complexity index is 436. The fraction of sp³-hybridized carbons (Fsp3) is 0.533. The van der Waals surface area contributed by atoms with Gasteiger partial charge in [0.2, 0.25) is 5.91 Å². The second-order valence-electron chi connectivity index (χ2n) is 5.09. The summed E-state index contributed by atoms with van der Waals surface area (Å²) in [4.78, 5) is 14.0. The predicted molar refractivity (Wildman–Crippen MR) is 73.4 cm³/mol. The molecule has 1 aromatic rings. The maximum atomic E-state index is 13.4. The van der Waals surface area contributed by atoms with Crippen LogP contribution in [-0.4, -0.2) is 36.5 Å². The Morgan fingerprint density at radius 1 is 1.47 bits per heavy atom. The lowest BCUT2D eigenvalue weighted by Crippen LogP contribution is -2.52. The number of rotatable bonds is 4. The fourth-order valence-corrected chi connectivity index (χ4v) is 2.49. The zero-order chi connectivity index (χ0) is 13.7. The third-order valence-corrected chi connectivity index (χ3v) is 3.62. The number of benzene rings is 1. The summed E-state index contributed by atoms with van der Waals surface area (Å²) in [5, 5.41) is 3.27. The van der Waals surface area contributed by atoms with Gasteiger partial charge in [0.15, 0.2) is 0 Å². The van der Waals surface area contributed by atoms with Crippen LogP contribution in [0.3, 0.4) is 0 Å². The van der Waals surface area contributed by atoms with E-state index >= 15 is 0 Å². The number of amides is 1. The number of piperazine rings is 1. The van der Waals surface area contributed by atoms with Gasteiger partial charge in [-0.15, -0.1) is 0 Å². The van der Waals surface area contributed by atoms with E-state index in [1.165, 1.54) is 6.07 Å². The predicted octanol–water partition coefficient (Wildman–Crippen LogP) is 1.97. The SMILES string of the molecule is CC1CNCCN1C(=O)CCCc1ccccc1F. The lowest BCUT2D eigenvalue weighted by atomic mass is 10.1. The van der Waals surface area contributed by atoms with Crippen LogP contribution in [-0.2, 0) is 11.2 Å². The summed E-state index contributed by atoms with van der Waals surface area (Å²) in [5.74, 6) is 0.0100. The molecule has 0 aliphatic carbocycles. The second kappa shape index (κ2) is 6.66. The molecular weight excluding hydrogens is 243 g/mol. The van der Waals surface area contributed by atoms with Gasteiger partial charge >= 0.3 is 0 Å². The van der Waals surface area contributed by atoms with Crippen LogP contribution in [0, 0.1) is 5.82 Å². The molecule has 4 heteroatoms. The van der Waals surface area contributed by atoms with Crippen molar-refractivity contribution in [3.63, 3.8) is 0 Å². The molecule has 1 fully saturated rings. The van der Waals surface area contributed by atoms with Crippen molar-refractivity contribution < 1.29 is 9.18 Å². The van der Waals surface area contributed by atoms with E-state index in [2.05, 4.69) is 12.2 Å². The molecule has 0 bridgehead atoms. The Morgan fingerprint density at radius 2 is 2.26 bits per heavy atom. The third-order valence-electron chi connectivity index (χ3n) is 3.62. The van der Waals surface area contributed by atoms with Gasteiger partial charge in [-0.3, -0.25) is 4.79 Å². The van der Waals surface area contributed by atoms with Crippen molar-refractivity contribution in [3.8, 4) is 0 Å². The van der Waals surface area contributed by atoms with Crippen molar-refractivity contribution in [1.29, 1.82) is 0 Å². The van der Waals surface area contributed by atoms with Gasteiger partial charge in [0.05, 0.1) is 0 Å². The Kier molecular flexibility index (Phi) is 4.91. The molecule has 0 saturated carbocycles. The lowest BCUT2D eigenvalue weighted by Gasteiger charge is -2.34. The van der Waals surface area contributed by atoms with Gasteiger partial charge in [0.1, 0.15) is 5.82 Å². The molecule has 1 unspecified atom stereocenters. The summed E-state index contributed by atoms with van der Waals surface area (Å²) < 4.78 is 13.4. The number of hydrogen-bond donors (Lipinski definition) is 1. The van der Waals surface area contributed by atoms with Crippen LogP contribution in [0.25, 0.3) is 0 Å². The first-order valence-electron chi connectivity index (χ1n) is 6.92. The molecule has 0 spiro atoms. The topological polar surface area (TPSA) is 32.3 Å². The highest BCUT2D eigenvalue weighted by molar-refractivity contribution is 5.76. The van der Waals surface area contributed by atoms with E-state index in [4.69, 9.17) is 0 Å². The zero-order valence-electron chi connectivity index (χ0n) is 11.4. The van der Waals surface area contributed by atoms with Crippen molar-refractivity contribution in [2.75, 3.05) is 19.6 Å². The Labute approximate surface area is 113 Å². The van der Waals surface area contributed by atoms with Crippen molar-refractivity contribution in [3.05, 3.63) is 35.6 Å². The van der Waals surface area contributed by atoms with Crippen LogP contribution < -0.4 is 5.32 Å². The first-order chi connectivity index (χ1) is 9.18. The van der Waals surface area contributed by atoms with Crippen LogP contribution in [0.4, 0.5) is 4.39 Å². The van der Waals surface area contributed by atoms with Crippen LogP contribution >= 0.6 is 0 Å². The summed E-state index contributed by atoms with van der Waals surface area (Å²) in [6.07, 6.45) is 1.83. The maximum Gasteiger partial charge on any atom is 0.222 e. The molecule has 1 heterocycles. The molecule has 19 heavy (non-hydrogen) atoms. The van der Waals surface area contributed by atoms with E-state index in [0.29, 0.717) is 24.8 Å². The fourth-order valence-electron chi connectivity index (χ4n) is 2.49. The van der Waals surface area contributed by atoms with Crippen LogP contribution in [0.2, 0.25) is 0 Å². The molecular formula is C15H21FN2O. The molecule has 1 aliphatic rings. The molecule has 0 aromatic heterocycles. The lowest BCUT2D eigenvalue weighted by molar-refractivity contribution is -0.134. The van der Waals surface area contributed by atoms with Crippen LogP contribution in [0.5, 0.6) is 0 Å². The Morgan fingerprint density at radius 3 is 3.00 bits per heavy atom. The molecule has 2 rings (SSSR count). The zero-order valence-corrected chi connectivity index (χ0v) is 11.4. The van der Waals surface area contributed by atoms with Gasteiger partial charge in [-0.05, 0) is 31.4 Å². The highest BCUT2D eigenvalue weighted by atomic mass is 19.1. The standard InChI is InChI=1S/C15H21FN2O/c1-12-11-17-9-10-18(12)15(19)8-4-6-13-5-2-3-7-14(13)16/h2-3,5,7,12,17H,4,6,8-11H2,1H3. The average Bonchev–Trinajstić information content (AvgIpc) is 2.41. The van der Waals surface area contributed by atoms with Gasteiger partial charge in [-0.25, -0.2) is 4.39 Å². The molecule has 0 radical (unpaired) electrons. The summed E-state index contributed by atoms with van der Waals surface area (Å²) in [5.41, 5.74) is 0.698. The molecule has 1 atom stereocenters. The molecule has 104 valence electrons. The number of carbonyl (C=O) groups is 1. The van der Waals surface area contributed by atoms with Gasteiger partial charge in [0, 0.05) is 32.1 Å². The summed E-state index contributed by atoms with van der Waals surface area (Å²) in [6.45, 7) is 4.56. The molecule has 1 aromatic carbocycles. The van der Waals surface area contributed by atoms with Gasteiger partial charge < -0.3 is 10.2 Å². The first-order valence-corrected chi connectivity index (χ1v) is 6.92. The van der Waals surface area contributed by atoms with Crippen molar-refractivity contribution in [1.82, 2.24) is 10.2 Å². The monoisotopic (exact) mass is 264 g/mol. The Balaban J connectivity index is 1.79. The first kappa shape index (κ1) is 14.0. The van der Waals surface area contributed by atoms with Gasteiger partial charge in [0.25, 0.3) is 0 Å². The largest absolute Gasteiger partial charge is 0.337 e. The summed E-state index contributed by atoms with van der Waals surface area (Å²) in [7, 11) is 0. The quantitative estimate of drug-likeness (QED) is 0.901. The summed E-state index contributed by atoms with van der Waals surface area (Å²) in [6, 6.07) is 7.03.